The van der Waals surface area contributed by atoms with E-state index in [2.05, 4.69) is 10.3 Å². The van der Waals surface area contributed by atoms with Gasteiger partial charge >= 0.3 is 5.69 Å². The Hall–Kier alpha value is -1.48. The van der Waals surface area contributed by atoms with Gasteiger partial charge in [0.1, 0.15) is 23.6 Å². The van der Waals surface area contributed by atoms with E-state index in [9.17, 15) is 15.0 Å². The van der Waals surface area contributed by atoms with Crippen molar-refractivity contribution in [3.05, 3.63) is 22.7 Å². The summed E-state index contributed by atoms with van der Waals surface area (Å²) in [5.74, 6) is 0.482. The molecule has 1 aromatic rings. The second-order valence-corrected chi connectivity index (χ2v) is 5.80. The zero-order valence-electron chi connectivity index (χ0n) is 11.6. The van der Waals surface area contributed by atoms with Gasteiger partial charge in [-0.1, -0.05) is 0 Å². The number of rotatable bonds is 4. The second kappa shape index (κ2) is 5.06. The summed E-state index contributed by atoms with van der Waals surface area (Å²) in [4.78, 5) is 16.0. The van der Waals surface area contributed by atoms with E-state index >= 15 is 0 Å². The maximum atomic E-state index is 12.1. The average Bonchev–Trinajstić information content (AvgIpc) is 3.20. The summed E-state index contributed by atoms with van der Waals surface area (Å²) < 4.78 is 6.51. The Morgan fingerprint density at radius 2 is 2.29 bits per heavy atom. The van der Waals surface area contributed by atoms with Crippen molar-refractivity contribution in [1.29, 1.82) is 0 Å². The van der Waals surface area contributed by atoms with E-state index in [4.69, 9.17) is 9.84 Å². The largest absolute Gasteiger partial charge is 0.394 e. The van der Waals surface area contributed by atoms with Gasteiger partial charge < -0.3 is 25.4 Å². The van der Waals surface area contributed by atoms with Crippen molar-refractivity contribution in [3.8, 4) is 0 Å². The van der Waals surface area contributed by atoms with E-state index in [-0.39, 0.29) is 0 Å². The van der Waals surface area contributed by atoms with Crippen LogP contribution in [0.2, 0.25) is 0 Å². The van der Waals surface area contributed by atoms with E-state index in [0.717, 1.165) is 17.4 Å². The molecule has 3 rings (SSSR count). The highest BCUT2D eigenvalue weighted by Crippen LogP contribution is 2.37. The minimum Gasteiger partial charge on any atom is -0.394 e. The molecule has 116 valence electrons. The van der Waals surface area contributed by atoms with Gasteiger partial charge in [0.25, 0.3) is 0 Å². The van der Waals surface area contributed by atoms with Gasteiger partial charge in [0.05, 0.1) is 6.61 Å². The van der Waals surface area contributed by atoms with Crippen molar-refractivity contribution in [3.63, 3.8) is 0 Å². The molecule has 1 saturated carbocycles. The lowest BCUT2D eigenvalue weighted by Crippen LogP contribution is -2.46. The van der Waals surface area contributed by atoms with Crippen LogP contribution >= 0.6 is 0 Å². The first-order chi connectivity index (χ1) is 9.93. The highest BCUT2D eigenvalue weighted by atomic mass is 16.6. The fraction of sp³-hybridized carbons (Fsp3) is 0.692. The molecule has 0 spiro atoms. The zero-order valence-corrected chi connectivity index (χ0v) is 11.6. The Balaban J connectivity index is 1.87. The number of aromatic nitrogens is 2. The van der Waals surface area contributed by atoms with Crippen LogP contribution in [0.5, 0.6) is 0 Å². The lowest BCUT2D eigenvalue weighted by Gasteiger charge is -2.27. The first-order valence-electron chi connectivity index (χ1n) is 6.96. The minimum atomic E-state index is -1.69. The predicted molar refractivity (Wildman–Crippen MR) is 72.8 cm³/mol. The molecule has 2 heterocycles. The molecule has 0 amide bonds. The Bertz CT molecular complexity index is 583. The number of aliphatic hydroxyl groups excluding tert-OH is 2. The van der Waals surface area contributed by atoms with Crippen LogP contribution in [0, 0.1) is 0 Å². The molecule has 2 fully saturated rings. The van der Waals surface area contributed by atoms with Crippen LogP contribution in [-0.4, -0.2) is 55.3 Å². The molecule has 0 radical (unpaired) electrons. The standard InChI is InChI=1S/C13H19N3O5/c1-13(20)10(18)8(6-17)21-11(13)16-5-4-9(15-12(16)19)14-7-2-3-7/h4-5,7-8,10-11,17-18,20H,2-3,6H2,1H3,(H,14,15,19)/t8?,10-,11?,13+/m1/s1. The summed E-state index contributed by atoms with van der Waals surface area (Å²) in [6.07, 6.45) is 0.265. The van der Waals surface area contributed by atoms with E-state index < -0.39 is 36.3 Å². The summed E-state index contributed by atoms with van der Waals surface area (Å²) in [7, 11) is 0. The van der Waals surface area contributed by atoms with Gasteiger partial charge in [0.2, 0.25) is 0 Å². The Morgan fingerprint density at radius 3 is 2.81 bits per heavy atom. The molecule has 21 heavy (non-hydrogen) atoms. The third-order valence-electron chi connectivity index (χ3n) is 3.95. The van der Waals surface area contributed by atoms with Crippen molar-refractivity contribution in [2.75, 3.05) is 11.9 Å². The highest BCUT2D eigenvalue weighted by molar-refractivity contribution is 5.35. The van der Waals surface area contributed by atoms with Crippen LogP contribution in [0.1, 0.15) is 26.0 Å². The number of ether oxygens (including phenoxy) is 1. The molecule has 4 atom stereocenters. The normalized spacial score (nSPS) is 35.9. The molecule has 4 N–H and O–H groups in total. The van der Waals surface area contributed by atoms with E-state index in [0.29, 0.717) is 11.9 Å². The van der Waals surface area contributed by atoms with Crippen LogP contribution in [-0.2, 0) is 4.74 Å². The third kappa shape index (κ3) is 2.55. The van der Waals surface area contributed by atoms with Crippen molar-refractivity contribution < 1.29 is 20.1 Å². The van der Waals surface area contributed by atoms with Gasteiger partial charge in [-0.2, -0.15) is 4.98 Å². The molecule has 1 saturated heterocycles. The van der Waals surface area contributed by atoms with E-state index in [1.54, 1.807) is 6.07 Å². The van der Waals surface area contributed by atoms with Crippen LogP contribution < -0.4 is 11.0 Å². The van der Waals surface area contributed by atoms with Crippen LogP contribution in [0.15, 0.2) is 17.1 Å². The van der Waals surface area contributed by atoms with Gasteiger partial charge in [0, 0.05) is 12.2 Å². The first-order valence-corrected chi connectivity index (χ1v) is 6.96. The lowest BCUT2D eigenvalue weighted by molar-refractivity contribution is -0.0986. The number of hydrogen-bond donors (Lipinski definition) is 4. The van der Waals surface area contributed by atoms with Gasteiger partial charge in [-0.3, -0.25) is 4.57 Å². The van der Waals surface area contributed by atoms with Gasteiger partial charge in [-0.05, 0) is 25.8 Å². The fourth-order valence-corrected chi connectivity index (χ4v) is 2.50. The fourth-order valence-electron chi connectivity index (χ4n) is 2.50. The van der Waals surface area contributed by atoms with E-state index in [1.807, 2.05) is 0 Å². The van der Waals surface area contributed by atoms with E-state index in [1.165, 1.54) is 13.1 Å². The van der Waals surface area contributed by atoms with Crippen molar-refractivity contribution in [1.82, 2.24) is 9.55 Å². The molecular weight excluding hydrogens is 278 g/mol. The second-order valence-electron chi connectivity index (χ2n) is 5.80. The number of hydrogen-bond acceptors (Lipinski definition) is 7. The van der Waals surface area contributed by atoms with Crippen LogP contribution in [0.3, 0.4) is 0 Å². The Kier molecular flexibility index (Phi) is 3.48. The number of aliphatic hydroxyl groups is 3. The zero-order chi connectivity index (χ0) is 15.2. The summed E-state index contributed by atoms with van der Waals surface area (Å²) >= 11 is 0. The third-order valence-corrected chi connectivity index (χ3v) is 3.95. The molecule has 0 bridgehead atoms. The Labute approximate surface area is 121 Å². The minimum absolute atomic E-state index is 0.374. The molecule has 8 heteroatoms. The first kappa shape index (κ1) is 14.5. The van der Waals surface area contributed by atoms with Gasteiger partial charge in [-0.25, -0.2) is 4.79 Å². The molecular formula is C13H19N3O5. The SMILES string of the molecule is C[C@@]1(O)C(n2ccc(NC3CC3)nc2=O)OC(CO)[C@H]1O. The predicted octanol–water partition coefficient (Wildman–Crippen LogP) is -1.18. The maximum absolute atomic E-state index is 12.1. The quantitative estimate of drug-likeness (QED) is 0.552. The van der Waals surface area contributed by atoms with Crippen molar-refractivity contribution >= 4 is 5.82 Å². The molecule has 8 nitrogen and oxygen atoms in total. The molecule has 1 aromatic heterocycles. The molecule has 1 aliphatic carbocycles. The van der Waals surface area contributed by atoms with Gasteiger partial charge in [-0.15, -0.1) is 0 Å². The summed E-state index contributed by atoms with van der Waals surface area (Å²) in [6, 6.07) is 2.00. The summed E-state index contributed by atoms with van der Waals surface area (Å²) in [6.45, 7) is 0.915. The Morgan fingerprint density at radius 1 is 1.57 bits per heavy atom. The summed E-state index contributed by atoms with van der Waals surface area (Å²) in [5, 5.41) is 32.5. The maximum Gasteiger partial charge on any atom is 0.351 e. The van der Waals surface area contributed by atoms with Crippen LogP contribution in [0.4, 0.5) is 5.82 Å². The number of nitrogens with one attached hydrogen (secondary N) is 1. The average molecular weight is 297 g/mol. The summed E-state index contributed by atoms with van der Waals surface area (Å²) in [5.41, 5.74) is -2.28. The lowest BCUT2D eigenvalue weighted by atomic mass is 9.96. The number of nitrogens with zero attached hydrogens (tertiary/aromatic N) is 2. The topological polar surface area (TPSA) is 117 Å². The molecule has 2 aliphatic rings. The molecule has 0 aromatic carbocycles. The van der Waals surface area contributed by atoms with Crippen LogP contribution in [0.25, 0.3) is 0 Å². The van der Waals surface area contributed by atoms with Crippen molar-refractivity contribution in [2.24, 2.45) is 0 Å². The van der Waals surface area contributed by atoms with Gasteiger partial charge in [0.15, 0.2) is 6.23 Å². The molecule has 2 unspecified atom stereocenters. The monoisotopic (exact) mass is 297 g/mol. The van der Waals surface area contributed by atoms with Crippen molar-refractivity contribution in [2.45, 2.75) is 49.8 Å². The number of anilines is 1. The molecule has 1 aliphatic heterocycles. The smallest absolute Gasteiger partial charge is 0.351 e. The highest BCUT2D eigenvalue weighted by Gasteiger charge is 2.53.